The van der Waals surface area contributed by atoms with Gasteiger partial charge >= 0.3 is 0 Å². The van der Waals surface area contributed by atoms with Gasteiger partial charge in [0.25, 0.3) is 6.43 Å². The van der Waals surface area contributed by atoms with Crippen LogP contribution < -0.4 is 5.32 Å². The van der Waals surface area contributed by atoms with Crippen LogP contribution in [0.5, 0.6) is 0 Å². The van der Waals surface area contributed by atoms with Crippen molar-refractivity contribution in [2.45, 2.75) is 38.5 Å². The van der Waals surface area contributed by atoms with Gasteiger partial charge in [-0.3, -0.25) is 0 Å². The van der Waals surface area contributed by atoms with Crippen LogP contribution in [0.15, 0.2) is 24.3 Å². The van der Waals surface area contributed by atoms with E-state index in [2.05, 4.69) is 12.2 Å². The normalized spacial score (nSPS) is 24.4. The van der Waals surface area contributed by atoms with Crippen molar-refractivity contribution in [1.29, 1.82) is 0 Å². The minimum atomic E-state index is -2.36. The van der Waals surface area contributed by atoms with E-state index in [0.717, 1.165) is 37.9 Å². The Kier molecular flexibility index (Phi) is 4.70. The molecule has 1 aliphatic heterocycles. The molecule has 1 aliphatic rings. The highest BCUT2D eigenvalue weighted by Crippen LogP contribution is 2.34. The lowest BCUT2D eigenvalue weighted by atomic mass is 9.78. The van der Waals surface area contributed by atoms with E-state index in [1.54, 1.807) is 12.1 Å². The second-order valence-corrected chi connectivity index (χ2v) is 5.12. The average molecular weight is 253 g/mol. The van der Waals surface area contributed by atoms with Crippen LogP contribution >= 0.6 is 0 Å². The van der Waals surface area contributed by atoms with Crippen LogP contribution in [0.1, 0.15) is 49.7 Å². The van der Waals surface area contributed by atoms with E-state index in [4.69, 9.17) is 0 Å². The lowest BCUT2D eigenvalue weighted by molar-refractivity contribution is 0.151. The quantitative estimate of drug-likeness (QED) is 0.851. The first-order chi connectivity index (χ1) is 8.72. The van der Waals surface area contributed by atoms with Crippen molar-refractivity contribution in [2.24, 2.45) is 5.92 Å². The van der Waals surface area contributed by atoms with Gasteiger partial charge in [-0.15, -0.1) is 0 Å². The van der Waals surface area contributed by atoms with Gasteiger partial charge in [0.15, 0.2) is 0 Å². The lowest BCUT2D eigenvalue weighted by Crippen LogP contribution is -2.35. The van der Waals surface area contributed by atoms with E-state index >= 15 is 0 Å². The first kappa shape index (κ1) is 13.5. The number of nitrogens with one attached hydrogen (secondary N) is 1. The molecule has 2 atom stereocenters. The highest BCUT2D eigenvalue weighted by atomic mass is 19.3. The van der Waals surface area contributed by atoms with Crippen molar-refractivity contribution in [1.82, 2.24) is 5.32 Å². The third-order valence-electron chi connectivity index (χ3n) is 3.86. The topological polar surface area (TPSA) is 12.0 Å². The summed E-state index contributed by atoms with van der Waals surface area (Å²) in [5.74, 6) is 1.02. The molecule has 0 amide bonds. The number of hydrogen-bond acceptors (Lipinski definition) is 1. The van der Waals surface area contributed by atoms with Crippen molar-refractivity contribution >= 4 is 0 Å². The summed E-state index contributed by atoms with van der Waals surface area (Å²) in [6.45, 7) is 4.18. The largest absolute Gasteiger partial charge is 0.316 e. The maximum Gasteiger partial charge on any atom is 0.263 e. The molecule has 1 aromatic carbocycles. The molecule has 2 unspecified atom stereocenters. The van der Waals surface area contributed by atoms with Crippen molar-refractivity contribution < 1.29 is 8.78 Å². The van der Waals surface area contributed by atoms with Crippen molar-refractivity contribution in [3.8, 4) is 0 Å². The third-order valence-corrected chi connectivity index (χ3v) is 3.86. The number of rotatable bonds is 4. The molecule has 1 N–H and O–H groups in total. The Morgan fingerprint density at radius 2 is 2.22 bits per heavy atom. The third kappa shape index (κ3) is 3.08. The van der Waals surface area contributed by atoms with E-state index in [-0.39, 0.29) is 5.56 Å². The van der Waals surface area contributed by atoms with Crippen LogP contribution in [-0.4, -0.2) is 13.1 Å². The van der Waals surface area contributed by atoms with Crippen molar-refractivity contribution in [3.05, 3.63) is 35.4 Å². The molecule has 3 heteroatoms. The summed E-state index contributed by atoms with van der Waals surface area (Å²) in [5, 5.41) is 3.41. The van der Waals surface area contributed by atoms with Crippen LogP contribution in [0, 0.1) is 5.92 Å². The molecule has 1 fully saturated rings. The molecule has 0 aromatic heterocycles. The van der Waals surface area contributed by atoms with E-state index in [9.17, 15) is 8.78 Å². The zero-order chi connectivity index (χ0) is 13.0. The van der Waals surface area contributed by atoms with Gasteiger partial charge in [-0.25, -0.2) is 8.78 Å². The Morgan fingerprint density at radius 1 is 1.39 bits per heavy atom. The second-order valence-electron chi connectivity index (χ2n) is 5.12. The number of hydrogen-bond donors (Lipinski definition) is 1. The molecule has 1 heterocycles. The monoisotopic (exact) mass is 253 g/mol. The SMILES string of the molecule is CCCC1CNCCC1c1cccc(C(F)F)c1. The first-order valence-electron chi connectivity index (χ1n) is 6.81. The number of halogens is 2. The zero-order valence-electron chi connectivity index (χ0n) is 10.8. The van der Waals surface area contributed by atoms with Crippen molar-refractivity contribution in [2.75, 3.05) is 13.1 Å². The molecule has 2 rings (SSSR count). The molecule has 0 spiro atoms. The van der Waals surface area contributed by atoms with Crippen LogP contribution in [-0.2, 0) is 0 Å². The Balaban J connectivity index is 2.19. The van der Waals surface area contributed by atoms with Gasteiger partial charge in [0.2, 0.25) is 0 Å². The number of alkyl halides is 2. The number of benzene rings is 1. The fourth-order valence-electron chi connectivity index (χ4n) is 2.96. The van der Waals surface area contributed by atoms with Gasteiger partial charge < -0.3 is 5.32 Å². The molecule has 1 aromatic rings. The highest BCUT2D eigenvalue weighted by molar-refractivity contribution is 5.28. The molecule has 0 saturated carbocycles. The molecule has 1 saturated heterocycles. The molecule has 0 radical (unpaired) electrons. The van der Waals surface area contributed by atoms with E-state index in [1.165, 1.54) is 6.07 Å². The zero-order valence-corrected chi connectivity index (χ0v) is 10.8. The predicted octanol–water partition coefficient (Wildman–Crippen LogP) is 4.12. The maximum atomic E-state index is 12.7. The van der Waals surface area contributed by atoms with Gasteiger partial charge in [0.05, 0.1) is 0 Å². The fraction of sp³-hybridized carbons (Fsp3) is 0.600. The predicted molar refractivity (Wildman–Crippen MR) is 70.0 cm³/mol. The molecule has 100 valence electrons. The van der Waals surface area contributed by atoms with Crippen LogP contribution in [0.3, 0.4) is 0 Å². The highest BCUT2D eigenvalue weighted by Gasteiger charge is 2.26. The summed E-state index contributed by atoms with van der Waals surface area (Å²) in [5.41, 5.74) is 1.24. The van der Waals surface area contributed by atoms with Gasteiger partial charge in [-0.1, -0.05) is 31.5 Å². The van der Waals surface area contributed by atoms with E-state index < -0.39 is 6.43 Å². The molecule has 1 nitrogen and oxygen atoms in total. The molecule has 0 aliphatic carbocycles. The second kappa shape index (κ2) is 6.28. The Hall–Kier alpha value is -0.960. The summed E-state index contributed by atoms with van der Waals surface area (Å²) in [6.07, 6.45) is 1.00. The Labute approximate surface area is 108 Å². The van der Waals surface area contributed by atoms with E-state index in [0.29, 0.717) is 11.8 Å². The standard InChI is InChI=1S/C15H21F2N/c1-2-4-13-10-18-8-7-14(13)11-5-3-6-12(9-11)15(16)17/h3,5-6,9,13-15,18H,2,4,7-8,10H2,1H3. The van der Waals surface area contributed by atoms with Crippen molar-refractivity contribution in [3.63, 3.8) is 0 Å². The minimum absolute atomic E-state index is 0.154. The summed E-state index contributed by atoms with van der Waals surface area (Å²) < 4.78 is 25.5. The summed E-state index contributed by atoms with van der Waals surface area (Å²) in [6, 6.07) is 6.99. The smallest absolute Gasteiger partial charge is 0.263 e. The van der Waals surface area contributed by atoms with Crippen LogP contribution in [0.2, 0.25) is 0 Å². The Morgan fingerprint density at radius 3 is 2.94 bits per heavy atom. The molecule has 0 bridgehead atoms. The number of piperidine rings is 1. The maximum absolute atomic E-state index is 12.7. The van der Waals surface area contributed by atoms with Gasteiger partial charge in [0, 0.05) is 5.56 Å². The van der Waals surface area contributed by atoms with Gasteiger partial charge in [0.1, 0.15) is 0 Å². The lowest BCUT2D eigenvalue weighted by Gasteiger charge is -2.32. The van der Waals surface area contributed by atoms with Gasteiger partial charge in [-0.2, -0.15) is 0 Å². The van der Waals surface area contributed by atoms with Crippen LogP contribution in [0.4, 0.5) is 8.78 Å². The molecule has 18 heavy (non-hydrogen) atoms. The molecular weight excluding hydrogens is 232 g/mol. The fourth-order valence-corrected chi connectivity index (χ4v) is 2.96. The minimum Gasteiger partial charge on any atom is -0.316 e. The molecular formula is C15H21F2N. The summed E-state index contributed by atoms with van der Waals surface area (Å²) in [7, 11) is 0. The summed E-state index contributed by atoms with van der Waals surface area (Å²) >= 11 is 0. The van der Waals surface area contributed by atoms with Gasteiger partial charge in [-0.05, 0) is 49.4 Å². The summed E-state index contributed by atoms with van der Waals surface area (Å²) in [4.78, 5) is 0. The first-order valence-corrected chi connectivity index (χ1v) is 6.81. The van der Waals surface area contributed by atoms with E-state index in [1.807, 2.05) is 6.07 Å². The van der Waals surface area contributed by atoms with Crippen LogP contribution in [0.25, 0.3) is 0 Å². The Bertz CT molecular complexity index is 377. The average Bonchev–Trinajstić information content (AvgIpc) is 2.40.